The van der Waals surface area contributed by atoms with Crippen molar-refractivity contribution in [3.05, 3.63) is 58.1 Å². The maximum atomic E-state index is 12.6. The van der Waals surface area contributed by atoms with Crippen LogP contribution in [0.2, 0.25) is 0 Å². The van der Waals surface area contributed by atoms with E-state index in [1.165, 1.54) is 0 Å². The Kier molecular flexibility index (Phi) is 4.45. The number of para-hydroxylation sites is 2. The molecule has 0 N–H and O–H groups in total. The van der Waals surface area contributed by atoms with Crippen molar-refractivity contribution in [2.75, 3.05) is 19.1 Å². The van der Waals surface area contributed by atoms with Gasteiger partial charge in [0.2, 0.25) is 0 Å². The number of hydrogen-bond acceptors (Lipinski definition) is 2. The van der Waals surface area contributed by atoms with E-state index in [9.17, 15) is 4.79 Å². The Hall–Kier alpha value is -1.81. The van der Waals surface area contributed by atoms with E-state index in [4.69, 9.17) is 4.74 Å². The Bertz CT molecular complexity index is 640. The van der Waals surface area contributed by atoms with Crippen LogP contribution in [0, 0.1) is 6.92 Å². The normalized spacial score (nSPS) is 10.2. The second kappa shape index (κ2) is 6.09. The number of nitrogens with zero attached hydrogens (tertiary/aromatic N) is 1. The third-order valence-electron chi connectivity index (χ3n) is 3.18. The Balaban J connectivity index is 2.40. The molecule has 0 saturated heterocycles. The number of anilines is 1. The second-order valence-corrected chi connectivity index (χ2v) is 5.41. The standard InChI is InChI=1S/C16H16BrNO2/c1-11-8-9-12(17)10-13(11)16(19)18(2)14-6-4-5-7-15(14)20-3/h4-10H,1-3H3. The van der Waals surface area contributed by atoms with Crippen LogP contribution in [0.25, 0.3) is 0 Å². The van der Waals surface area contributed by atoms with Crippen LogP contribution >= 0.6 is 15.9 Å². The van der Waals surface area contributed by atoms with Gasteiger partial charge in [-0.05, 0) is 36.8 Å². The number of benzene rings is 2. The zero-order valence-corrected chi connectivity index (χ0v) is 13.3. The van der Waals surface area contributed by atoms with Gasteiger partial charge in [-0.25, -0.2) is 0 Å². The quantitative estimate of drug-likeness (QED) is 0.848. The van der Waals surface area contributed by atoms with Gasteiger partial charge >= 0.3 is 0 Å². The highest BCUT2D eigenvalue weighted by atomic mass is 79.9. The van der Waals surface area contributed by atoms with Gasteiger partial charge in [0.1, 0.15) is 5.75 Å². The van der Waals surface area contributed by atoms with Gasteiger partial charge in [0.15, 0.2) is 0 Å². The lowest BCUT2D eigenvalue weighted by molar-refractivity contribution is 0.0991. The fourth-order valence-electron chi connectivity index (χ4n) is 2.02. The predicted molar refractivity (Wildman–Crippen MR) is 84.6 cm³/mol. The molecule has 0 heterocycles. The highest BCUT2D eigenvalue weighted by Gasteiger charge is 2.18. The van der Waals surface area contributed by atoms with Gasteiger partial charge in [-0.1, -0.05) is 34.1 Å². The van der Waals surface area contributed by atoms with E-state index in [0.717, 1.165) is 15.7 Å². The summed E-state index contributed by atoms with van der Waals surface area (Å²) in [4.78, 5) is 14.2. The molecule has 0 spiro atoms. The minimum atomic E-state index is -0.0618. The number of halogens is 1. The molecule has 2 rings (SSSR count). The van der Waals surface area contributed by atoms with E-state index in [2.05, 4.69) is 15.9 Å². The maximum Gasteiger partial charge on any atom is 0.258 e. The van der Waals surface area contributed by atoms with Crippen molar-refractivity contribution < 1.29 is 9.53 Å². The molecular formula is C16H16BrNO2. The predicted octanol–water partition coefficient (Wildman–Crippen LogP) is 4.04. The molecule has 2 aromatic carbocycles. The van der Waals surface area contributed by atoms with Gasteiger partial charge in [0, 0.05) is 17.1 Å². The number of ether oxygens (including phenoxy) is 1. The Labute approximate surface area is 127 Å². The molecule has 2 aromatic rings. The summed E-state index contributed by atoms with van der Waals surface area (Å²) < 4.78 is 6.19. The number of aryl methyl sites for hydroxylation is 1. The number of carbonyl (C=O) groups excluding carboxylic acids is 1. The van der Waals surface area contributed by atoms with E-state index in [1.807, 2.05) is 49.4 Å². The lowest BCUT2D eigenvalue weighted by Crippen LogP contribution is -2.27. The first-order chi connectivity index (χ1) is 9.54. The fraction of sp³-hybridized carbons (Fsp3) is 0.188. The first kappa shape index (κ1) is 14.6. The number of methoxy groups -OCH3 is 1. The summed E-state index contributed by atoms with van der Waals surface area (Å²) in [5.74, 6) is 0.615. The zero-order chi connectivity index (χ0) is 14.7. The smallest absolute Gasteiger partial charge is 0.258 e. The summed E-state index contributed by atoms with van der Waals surface area (Å²) in [6, 6.07) is 13.2. The average molecular weight is 334 g/mol. The molecule has 0 aliphatic rings. The molecule has 1 amide bonds. The Morgan fingerprint density at radius 3 is 2.60 bits per heavy atom. The van der Waals surface area contributed by atoms with Crippen LogP contribution in [-0.4, -0.2) is 20.1 Å². The number of hydrogen-bond donors (Lipinski definition) is 0. The highest BCUT2D eigenvalue weighted by Crippen LogP contribution is 2.28. The lowest BCUT2D eigenvalue weighted by Gasteiger charge is -2.21. The van der Waals surface area contributed by atoms with Crippen molar-refractivity contribution in [3.8, 4) is 5.75 Å². The summed E-state index contributed by atoms with van der Waals surface area (Å²) in [5, 5.41) is 0. The summed E-state index contributed by atoms with van der Waals surface area (Å²) in [7, 11) is 3.35. The van der Waals surface area contributed by atoms with E-state index in [-0.39, 0.29) is 5.91 Å². The molecule has 0 aliphatic heterocycles. The van der Waals surface area contributed by atoms with Crippen molar-refractivity contribution in [2.24, 2.45) is 0 Å². The number of rotatable bonds is 3. The molecule has 0 atom stereocenters. The molecule has 0 fully saturated rings. The Morgan fingerprint density at radius 2 is 1.90 bits per heavy atom. The summed E-state index contributed by atoms with van der Waals surface area (Å²) in [5.41, 5.74) is 2.37. The molecule has 3 nitrogen and oxygen atoms in total. The minimum Gasteiger partial charge on any atom is -0.495 e. The van der Waals surface area contributed by atoms with Crippen LogP contribution in [0.4, 0.5) is 5.69 Å². The van der Waals surface area contributed by atoms with Crippen LogP contribution < -0.4 is 9.64 Å². The summed E-state index contributed by atoms with van der Waals surface area (Å²) in [6.45, 7) is 1.93. The topological polar surface area (TPSA) is 29.5 Å². The van der Waals surface area contributed by atoms with E-state index < -0.39 is 0 Å². The van der Waals surface area contributed by atoms with Crippen molar-refractivity contribution in [1.82, 2.24) is 0 Å². The monoisotopic (exact) mass is 333 g/mol. The highest BCUT2D eigenvalue weighted by molar-refractivity contribution is 9.10. The number of carbonyl (C=O) groups is 1. The Morgan fingerprint density at radius 1 is 1.20 bits per heavy atom. The second-order valence-electron chi connectivity index (χ2n) is 4.50. The van der Waals surface area contributed by atoms with Crippen LogP contribution in [0.5, 0.6) is 5.75 Å². The number of amides is 1. The summed E-state index contributed by atoms with van der Waals surface area (Å²) >= 11 is 3.40. The molecule has 20 heavy (non-hydrogen) atoms. The molecule has 0 radical (unpaired) electrons. The summed E-state index contributed by atoms with van der Waals surface area (Å²) in [6.07, 6.45) is 0. The third kappa shape index (κ3) is 2.85. The van der Waals surface area contributed by atoms with Crippen molar-refractivity contribution >= 4 is 27.5 Å². The van der Waals surface area contributed by atoms with Crippen LogP contribution in [0.1, 0.15) is 15.9 Å². The van der Waals surface area contributed by atoms with E-state index >= 15 is 0 Å². The van der Waals surface area contributed by atoms with Gasteiger partial charge in [0.05, 0.1) is 12.8 Å². The van der Waals surface area contributed by atoms with Gasteiger partial charge in [-0.2, -0.15) is 0 Å². The van der Waals surface area contributed by atoms with Crippen LogP contribution in [0.3, 0.4) is 0 Å². The average Bonchev–Trinajstić information content (AvgIpc) is 2.48. The van der Waals surface area contributed by atoms with Crippen LogP contribution in [0.15, 0.2) is 46.9 Å². The van der Waals surface area contributed by atoms with Gasteiger partial charge in [-0.3, -0.25) is 4.79 Å². The van der Waals surface area contributed by atoms with Crippen LogP contribution in [-0.2, 0) is 0 Å². The van der Waals surface area contributed by atoms with Crippen molar-refractivity contribution in [1.29, 1.82) is 0 Å². The van der Waals surface area contributed by atoms with Gasteiger partial charge in [0.25, 0.3) is 5.91 Å². The van der Waals surface area contributed by atoms with Crippen molar-refractivity contribution in [3.63, 3.8) is 0 Å². The first-order valence-corrected chi connectivity index (χ1v) is 7.01. The molecule has 0 aromatic heterocycles. The molecular weight excluding hydrogens is 318 g/mol. The van der Waals surface area contributed by atoms with E-state index in [1.54, 1.807) is 19.1 Å². The molecule has 104 valence electrons. The maximum absolute atomic E-state index is 12.6. The molecule has 0 saturated carbocycles. The molecule has 4 heteroatoms. The SMILES string of the molecule is COc1ccccc1N(C)C(=O)c1cc(Br)ccc1C. The fourth-order valence-corrected chi connectivity index (χ4v) is 2.38. The molecule has 0 unspecified atom stereocenters. The van der Waals surface area contributed by atoms with E-state index in [0.29, 0.717) is 11.3 Å². The third-order valence-corrected chi connectivity index (χ3v) is 3.67. The largest absolute Gasteiger partial charge is 0.495 e. The molecule has 0 aliphatic carbocycles. The lowest BCUT2D eigenvalue weighted by atomic mass is 10.1. The van der Waals surface area contributed by atoms with Gasteiger partial charge in [-0.15, -0.1) is 0 Å². The van der Waals surface area contributed by atoms with Gasteiger partial charge < -0.3 is 9.64 Å². The minimum absolute atomic E-state index is 0.0618. The molecule has 0 bridgehead atoms. The zero-order valence-electron chi connectivity index (χ0n) is 11.7. The first-order valence-electron chi connectivity index (χ1n) is 6.22. The van der Waals surface area contributed by atoms with Crippen molar-refractivity contribution in [2.45, 2.75) is 6.92 Å².